The summed E-state index contributed by atoms with van der Waals surface area (Å²) in [6.45, 7) is 9.38. The molecule has 2 rings (SSSR count). The van der Waals surface area contributed by atoms with E-state index in [1.807, 2.05) is 20.8 Å². The lowest BCUT2D eigenvalue weighted by Crippen LogP contribution is -2.48. The Morgan fingerprint density at radius 2 is 1.67 bits per heavy atom. The predicted molar refractivity (Wildman–Crippen MR) is 85.3 cm³/mol. The maximum Gasteiger partial charge on any atom is 0.142 e. The van der Waals surface area contributed by atoms with Crippen LogP contribution in [0, 0.1) is 17.0 Å². The Balaban J connectivity index is 0.00000220. The predicted octanol–water partition coefficient (Wildman–Crippen LogP) is 4.03. The summed E-state index contributed by atoms with van der Waals surface area (Å²) in [6.07, 6.45) is 0. The molecule has 0 aromatic heterocycles. The maximum absolute atomic E-state index is 14.3. The number of nitrogens with zero attached hydrogens (tertiary/aromatic N) is 1. The van der Waals surface area contributed by atoms with Gasteiger partial charge in [-0.15, -0.1) is 12.4 Å². The van der Waals surface area contributed by atoms with Gasteiger partial charge in [0.15, 0.2) is 0 Å². The van der Waals surface area contributed by atoms with Crippen molar-refractivity contribution in [3.8, 4) is 0 Å². The summed E-state index contributed by atoms with van der Waals surface area (Å²) in [6, 6.07) is 2.00. The average Bonchev–Trinajstić information content (AvgIpc) is 2.39. The fraction of sp³-hybridized carbons (Fsp3) is 0.600. The van der Waals surface area contributed by atoms with Gasteiger partial charge in [0.05, 0.1) is 5.02 Å². The van der Waals surface area contributed by atoms with E-state index in [2.05, 4.69) is 10.2 Å². The van der Waals surface area contributed by atoms with Crippen molar-refractivity contribution in [1.29, 1.82) is 0 Å². The Bertz CT molecular complexity index is 483. The molecule has 1 aromatic rings. The highest BCUT2D eigenvalue weighted by molar-refractivity contribution is 6.31. The Hall–Kier alpha value is -0.420. The van der Waals surface area contributed by atoms with Crippen LogP contribution in [0.4, 0.5) is 8.78 Å². The number of nitrogens with one attached hydrogen (secondary N) is 1. The molecule has 120 valence electrons. The molecule has 0 spiro atoms. The zero-order valence-corrected chi connectivity index (χ0v) is 14.1. The van der Waals surface area contributed by atoms with Gasteiger partial charge in [-0.05, 0) is 17.5 Å². The summed E-state index contributed by atoms with van der Waals surface area (Å²) in [7, 11) is 0. The van der Waals surface area contributed by atoms with Crippen molar-refractivity contribution in [2.45, 2.75) is 26.8 Å². The smallest absolute Gasteiger partial charge is 0.142 e. The van der Waals surface area contributed by atoms with Crippen LogP contribution in [0.25, 0.3) is 0 Å². The molecule has 1 N–H and O–H groups in total. The second kappa shape index (κ2) is 7.23. The van der Waals surface area contributed by atoms with E-state index in [-0.39, 0.29) is 34.4 Å². The van der Waals surface area contributed by atoms with Crippen LogP contribution in [0.15, 0.2) is 12.1 Å². The van der Waals surface area contributed by atoms with Gasteiger partial charge in [0, 0.05) is 37.8 Å². The first-order valence-corrected chi connectivity index (χ1v) is 7.28. The number of benzene rings is 1. The minimum atomic E-state index is -0.563. The van der Waals surface area contributed by atoms with Gasteiger partial charge < -0.3 is 5.32 Å². The summed E-state index contributed by atoms with van der Waals surface area (Å²) < 4.78 is 28.0. The van der Waals surface area contributed by atoms with E-state index in [0.717, 1.165) is 38.3 Å². The van der Waals surface area contributed by atoms with Crippen molar-refractivity contribution in [2.24, 2.45) is 5.41 Å². The molecule has 0 radical (unpaired) electrons. The van der Waals surface area contributed by atoms with Crippen LogP contribution >= 0.6 is 24.0 Å². The minimum Gasteiger partial charge on any atom is -0.314 e. The van der Waals surface area contributed by atoms with Crippen molar-refractivity contribution >= 4 is 24.0 Å². The van der Waals surface area contributed by atoms with E-state index in [9.17, 15) is 8.78 Å². The fourth-order valence-electron chi connectivity index (χ4n) is 2.90. The maximum atomic E-state index is 14.3. The number of halogens is 4. The van der Waals surface area contributed by atoms with Crippen LogP contribution in [-0.4, -0.2) is 31.1 Å². The van der Waals surface area contributed by atoms with Gasteiger partial charge in [0.2, 0.25) is 0 Å². The molecule has 6 heteroatoms. The molecule has 1 saturated heterocycles. The first-order valence-electron chi connectivity index (χ1n) is 6.90. The lowest BCUT2D eigenvalue weighted by atomic mass is 9.80. The Morgan fingerprint density at radius 1 is 1.14 bits per heavy atom. The van der Waals surface area contributed by atoms with E-state index >= 15 is 0 Å². The third-order valence-electron chi connectivity index (χ3n) is 3.69. The van der Waals surface area contributed by atoms with Crippen LogP contribution in [0.3, 0.4) is 0 Å². The molecule has 21 heavy (non-hydrogen) atoms. The zero-order valence-electron chi connectivity index (χ0n) is 12.5. The highest BCUT2D eigenvalue weighted by Crippen LogP contribution is 2.42. The van der Waals surface area contributed by atoms with Crippen LogP contribution in [0.2, 0.25) is 5.02 Å². The molecule has 0 bridgehead atoms. The number of hydrogen-bond donors (Lipinski definition) is 1. The molecule has 1 atom stereocenters. The summed E-state index contributed by atoms with van der Waals surface area (Å²) in [5, 5.41) is 3.18. The Labute approximate surface area is 136 Å². The highest BCUT2D eigenvalue weighted by atomic mass is 35.5. The van der Waals surface area contributed by atoms with Crippen LogP contribution in [-0.2, 0) is 0 Å². The van der Waals surface area contributed by atoms with E-state index in [4.69, 9.17) is 11.6 Å². The van der Waals surface area contributed by atoms with Crippen molar-refractivity contribution in [3.63, 3.8) is 0 Å². The summed E-state index contributed by atoms with van der Waals surface area (Å²) in [5.74, 6) is -0.998. The van der Waals surface area contributed by atoms with E-state index in [1.165, 1.54) is 0 Å². The SMILES string of the molecule is CC(C)(C)[C@H](c1c(F)ccc(F)c1Cl)N1CCNCC1.Cl. The molecule has 1 aliphatic heterocycles. The van der Waals surface area contributed by atoms with Gasteiger partial charge in [-0.2, -0.15) is 0 Å². The third-order valence-corrected chi connectivity index (χ3v) is 4.07. The van der Waals surface area contributed by atoms with E-state index in [0.29, 0.717) is 0 Å². The quantitative estimate of drug-likeness (QED) is 0.819. The topological polar surface area (TPSA) is 15.3 Å². The molecule has 1 fully saturated rings. The van der Waals surface area contributed by atoms with Crippen LogP contribution in [0.5, 0.6) is 0 Å². The molecule has 0 unspecified atom stereocenters. The van der Waals surface area contributed by atoms with Gasteiger partial charge in [0.25, 0.3) is 0 Å². The van der Waals surface area contributed by atoms with E-state index in [1.54, 1.807) is 0 Å². The normalized spacial score (nSPS) is 18.2. The monoisotopic (exact) mass is 338 g/mol. The second-order valence-electron chi connectivity index (χ2n) is 6.31. The second-order valence-corrected chi connectivity index (χ2v) is 6.69. The molecular formula is C15H22Cl2F2N2. The van der Waals surface area contributed by atoms with E-state index < -0.39 is 11.6 Å². The number of piperazine rings is 1. The first-order chi connectivity index (χ1) is 9.32. The standard InChI is InChI=1S/C15H21ClF2N2.ClH/c1-15(2,3)14(20-8-6-19-7-9-20)12-10(17)4-5-11(18)13(12)16;/h4-5,14,19H,6-9H2,1-3H3;1H/t14-;/m0./s1. The Morgan fingerprint density at radius 3 is 2.19 bits per heavy atom. The minimum absolute atomic E-state index is 0. The lowest BCUT2D eigenvalue weighted by molar-refractivity contribution is 0.0833. The number of rotatable bonds is 2. The molecular weight excluding hydrogens is 317 g/mol. The van der Waals surface area contributed by atoms with Crippen molar-refractivity contribution in [2.75, 3.05) is 26.2 Å². The van der Waals surface area contributed by atoms with Gasteiger partial charge in [0.1, 0.15) is 11.6 Å². The van der Waals surface area contributed by atoms with Gasteiger partial charge in [-0.1, -0.05) is 32.4 Å². The highest BCUT2D eigenvalue weighted by Gasteiger charge is 2.36. The molecule has 0 amide bonds. The van der Waals surface area contributed by atoms with Crippen molar-refractivity contribution in [3.05, 3.63) is 34.4 Å². The third kappa shape index (κ3) is 4.07. The Kier molecular flexibility index (Phi) is 6.41. The summed E-state index contributed by atoms with van der Waals surface area (Å²) in [4.78, 5) is 2.18. The van der Waals surface area contributed by atoms with Gasteiger partial charge in [-0.3, -0.25) is 4.90 Å². The first kappa shape index (κ1) is 18.6. The van der Waals surface area contributed by atoms with Crippen LogP contribution < -0.4 is 5.32 Å². The molecule has 1 aromatic carbocycles. The largest absolute Gasteiger partial charge is 0.314 e. The fourth-order valence-corrected chi connectivity index (χ4v) is 3.15. The zero-order chi connectivity index (χ0) is 14.9. The van der Waals surface area contributed by atoms with Crippen LogP contribution in [0.1, 0.15) is 32.4 Å². The van der Waals surface area contributed by atoms with Crippen molar-refractivity contribution < 1.29 is 8.78 Å². The lowest BCUT2D eigenvalue weighted by Gasteiger charge is -2.43. The molecule has 0 aliphatic carbocycles. The molecule has 0 saturated carbocycles. The van der Waals surface area contributed by atoms with Crippen molar-refractivity contribution in [1.82, 2.24) is 10.2 Å². The molecule has 1 heterocycles. The molecule has 1 aliphatic rings. The number of hydrogen-bond acceptors (Lipinski definition) is 2. The summed E-state index contributed by atoms with van der Waals surface area (Å²) in [5.41, 5.74) is 0.0383. The molecule has 2 nitrogen and oxygen atoms in total. The van der Waals surface area contributed by atoms with Gasteiger partial charge >= 0.3 is 0 Å². The average molecular weight is 339 g/mol. The summed E-state index contributed by atoms with van der Waals surface area (Å²) >= 11 is 6.06. The van der Waals surface area contributed by atoms with Gasteiger partial charge in [-0.25, -0.2) is 8.78 Å².